The van der Waals surface area contributed by atoms with E-state index in [1.54, 1.807) is 11.1 Å². The highest BCUT2D eigenvalue weighted by atomic mass is 14.8. The third-order valence-corrected chi connectivity index (χ3v) is 9.22. The van der Waals surface area contributed by atoms with Crippen LogP contribution in [0.5, 0.6) is 0 Å². The van der Waals surface area contributed by atoms with Crippen molar-refractivity contribution in [1.29, 1.82) is 0 Å². The summed E-state index contributed by atoms with van der Waals surface area (Å²) in [5, 5.41) is 0. The molecule has 0 aliphatic carbocycles. The van der Waals surface area contributed by atoms with Gasteiger partial charge in [0.1, 0.15) is 0 Å². The molecular weight excluding hydrogens is 544 g/mol. The van der Waals surface area contributed by atoms with Crippen LogP contribution in [-0.2, 0) is 25.7 Å². The fraction of sp³-hybridized carbons (Fsp3) is 0.674. The van der Waals surface area contributed by atoms with Gasteiger partial charge in [-0.05, 0) is 124 Å². The van der Waals surface area contributed by atoms with Crippen LogP contribution in [0, 0.1) is 0 Å². The zero-order valence-electron chi connectivity index (χ0n) is 30.6. The smallest absolute Gasteiger partial charge is 0.0636 e. The van der Waals surface area contributed by atoms with E-state index in [9.17, 15) is 0 Å². The van der Waals surface area contributed by atoms with Crippen molar-refractivity contribution in [3.05, 3.63) is 58.7 Å². The van der Waals surface area contributed by atoms with Crippen LogP contribution in [0.1, 0.15) is 186 Å². The molecule has 0 saturated carbocycles. The summed E-state index contributed by atoms with van der Waals surface area (Å²) in [6.07, 6.45) is 28.1. The van der Waals surface area contributed by atoms with Gasteiger partial charge in [-0.1, -0.05) is 124 Å². The van der Waals surface area contributed by atoms with Crippen molar-refractivity contribution < 1.29 is 0 Å². The van der Waals surface area contributed by atoms with Crippen molar-refractivity contribution in [2.75, 3.05) is 0 Å². The average molecular weight is 615 g/mol. The molecule has 0 fully saturated rings. The molecule has 0 aliphatic rings. The molecule has 0 amide bonds. The molecule has 0 aromatic heterocycles. The van der Waals surface area contributed by atoms with Crippen molar-refractivity contribution in [2.45, 2.75) is 189 Å². The van der Waals surface area contributed by atoms with E-state index >= 15 is 0 Å². The van der Waals surface area contributed by atoms with Gasteiger partial charge in [-0.3, -0.25) is 9.98 Å². The molecular formula is C43H70N2. The van der Waals surface area contributed by atoms with Crippen LogP contribution in [0.15, 0.2) is 46.4 Å². The second-order valence-electron chi connectivity index (χ2n) is 13.4. The summed E-state index contributed by atoms with van der Waals surface area (Å²) in [6, 6.07) is 14.2. The van der Waals surface area contributed by atoms with Gasteiger partial charge in [0.2, 0.25) is 0 Å². The van der Waals surface area contributed by atoms with E-state index in [4.69, 9.17) is 9.98 Å². The summed E-state index contributed by atoms with van der Waals surface area (Å²) < 4.78 is 0. The van der Waals surface area contributed by atoms with Crippen molar-refractivity contribution in [1.82, 2.24) is 0 Å². The molecule has 0 aliphatic heterocycles. The van der Waals surface area contributed by atoms with Gasteiger partial charge in [-0.25, -0.2) is 0 Å². The predicted molar refractivity (Wildman–Crippen MR) is 204 cm³/mol. The Kier molecular flexibility index (Phi) is 21.6. The predicted octanol–water partition coefficient (Wildman–Crippen LogP) is 14.2. The summed E-state index contributed by atoms with van der Waals surface area (Å²) in [4.78, 5) is 10.9. The van der Waals surface area contributed by atoms with E-state index < -0.39 is 0 Å². The van der Waals surface area contributed by atoms with E-state index in [0.29, 0.717) is 0 Å². The van der Waals surface area contributed by atoms with Crippen LogP contribution in [0.4, 0.5) is 11.4 Å². The number of nitrogens with zero attached hydrogens (tertiary/aromatic N) is 2. The molecule has 252 valence electrons. The van der Waals surface area contributed by atoms with Crippen molar-refractivity contribution in [3.8, 4) is 0 Å². The van der Waals surface area contributed by atoms with Crippen molar-refractivity contribution in [2.24, 2.45) is 9.98 Å². The maximum atomic E-state index is 5.44. The van der Waals surface area contributed by atoms with E-state index in [2.05, 4.69) is 77.9 Å². The van der Waals surface area contributed by atoms with Crippen molar-refractivity contribution in [3.63, 3.8) is 0 Å². The van der Waals surface area contributed by atoms with Gasteiger partial charge in [0.05, 0.1) is 22.8 Å². The second-order valence-corrected chi connectivity index (χ2v) is 13.4. The number of hydrogen-bond acceptors (Lipinski definition) is 2. The summed E-state index contributed by atoms with van der Waals surface area (Å²) in [5.74, 6) is 0. The highest BCUT2D eigenvalue weighted by Crippen LogP contribution is 2.27. The van der Waals surface area contributed by atoms with Crippen LogP contribution in [-0.4, -0.2) is 11.4 Å². The minimum Gasteiger partial charge on any atom is -0.252 e. The molecule has 2 rings (SSSR count). The van der Waals surface area contributed by atoms with E-state index in [1.165, 1.54) is 151 Å². The second kappa shape index (κ2) is 24.9. The maximum Gasteiger partial charge on any atom is 0.0636 e. The summed E-state index contributed by atoms with van der Waals surface area (Å²) >= 11 is 0. The van der Waals surface area contributed by atoms with E-state index in [1.807, 2.05) is 0 Å². The average Bonchev–Trinajstić information content (AvgIpc) is 3.05. The molecule has 0 saturated heterocycles. The lowest BCUT2D eigenvalue weighted by atomic mass is 9.96. The maximum absolute atomic E-state index is 5.44. The molecule has 0 bridgehead atoms. The number of hydrogen-bond donors (Lipinski definition) is 0. The number of rotatable bonds is 26. The zero-order chi connectivity index (χ0) is 32.5. The minimum atomic E-state index is 1.00. The molecule has 2 heteroatoms. The highest BCUT2D eigenvalue weighted by Gasteiger charge is 2.13. The summed E-state index contributed by atoms with van der Waals surface area (Å²) in [7, 11) is 0. The fourth-order valence-electron chi connectivity index (χ4n) is 6.31. The zero-order valence-corrected chi connectivity index (χ0v) is 30.6. The Labute approximate surface area is 280 Å². The molecule has 2 aromatic carbocycles. The molecule has 0 spiro atoms. The SMILES string of the molecule is CCCCCC(=Nc1ccc(CCCCC)c(CCCCC)c1)C(CCCC)=Nc1ccc(CCCCC)c(CCCCC)c1. The molecule has 2 nitrogen and oxygen atoms in total. The third kappa shape index (κ3) is 15.8. The lowest BCUT2D eigenvalue weighted by Gasteiger charge is -2.15. The number of unbranched alkanes of at least 4 members (excludes halogenated alkanes) is 11. The Morgan fingerprint density at radius 3 is 1.09 bits per heavy atom. The molecule has 0 atom stereocenters. The largest absolute Gasteiger partial charge is 0.252 e. The standard InChI is InChI=1S/C43H70N2/c1-7-13-19-24-36-30-32-40(34-38(36)26-21-15-9-3)44-42(28-18-12-6)43(29-23-17-11-5)45-41-33-31-37(25-20-14-8-2)39(35-41)27-22-16-10-4/h30-35H,7-29H2,1-6H3. The van der Waals surface area contributed by atoms with Crippen LogP contribution >= 0.6 is 0 Å². The van der Waals surface area contributed by atoms with Gasteiger partial charge in [0, 0.05) is 0 Å². The Bertz CT molecular complexity index is 1110. The lowest BCUT2D eigenvalue weighted by Crippen LogP contribution is -2.14. The molecule has 0 N–H and O–H groups in total. The van der Waals surface area contributed by atoms with Crippen molar-refractivity contribution >= 4 is 22.8 Å². The van der Waals surface area contributed by atoms with Gasteiger partial charge >= 0.3 is 0 Å². The van der Waals surface area contributed by atoms with Gasteiger partial charge in [0.25, 0.3) is 0 Å². The first-order valence-corrected chi connectivity index (χ1v) is 19.5. The summed E-state index contributed by atoms with van der Waals surface area (Å²) in [6.45, 7) is 13.8. The Hall–Kier alpha value is -2.22. The van der Waals surface area contributed by atoms with Crippen LogP contribution in [0.3, 0.4) is 0 Å². The van der Waals surface area contributed by atoms with E-state index in [0.717, 1.165) is 30.6 Å². The number of benzene rings is 2. The monoisotopic (exact) mass is 615 g/mol. The Morgan fingerprint density at radius 2 is 0.711 bits per heavy atom. The topological polar surface area (TPSA) is 24.7 Å². The Balaban J connectivity index is 2.53. The molecule has 45 heavy (non-hydrogen) atoms. The van der Waals surface area contributed by atoms with Gasteiger partial charge in [-0.15, -0.1) is 0 Å². The first kappa shape index (κ1) is 39.0. The lowest BCUT2D eigenvalue weighted by molar-refractivity contribution is 0.693. The Morgan fingerprint density at radius 1 is 0.378 bits per heavy atom. The number of aliphatic imine (C=N–C) groups is 2. The highest BCUT2D eigenvalue weighted by molar-refractivity contribution is 6.43. The molecule has 0 radical (unpaired) electrons. The molecule has 2 aromatic rings. The fourth-order valence-corrected chi connectivity index (χ4v) is 6.31. The number of aryl methyl sites for hydroxylation is 4. The van der Waals surface area contributed by atoms with Crippen LogP contribution < -0.4 is 0 Å². The van der Waals surface area contributed by atoms with Gasteiger partial charge in [0.15, 0.2) is 0 Å². The van der Waals surface area contributed by atoms with Gasteiger partial charge in [-0.2, -0.15) is 0 Å². The van der Waals surface area contributed by atoms with Crippen LogP contribution in [0.2, 0.25) is 0 Å². The molecule has 0 unspecified atom stereocenters. The third-order valence-electron chi connectivity index (χ3n) is 9.22. The van der Waals surface area contributed by atoms with E-state index in [-0.39, 0.29) is 0 Å². The minimum absolute atomic E-state index is 1.00. The first-order chi connectivity index (χ1) is 22.1. The molecule has 0 heterocycles. The van der Waals surface area contributed by atoms with Gasteiger partial charge < -0.3 is 0 Å². The normalized spacial score (nSPS) is 12.3. The van der Waals surface area contributed by atoms with Crippen LogP contribution in [0.25, 0.3) is 0 Å². The summed E-state index contributed by atoms with van der Waals surface area (Å²) in [5.41, 5.74) is 10.8. The quantitative estimate of drug-likeness (QED) is 0.0744. The first-order valence-electron chi connectivity index (χ1n) is 19.5.